The normalized spacial score (nSPS) is 19.7. The Morgan fingerprint density at radius 2 is 1.79 bits per heavy atom. The van der Waals surface area contributed by atoms with Crippen LogP contribution in [-0.4, -0.2) is 36.0 Å². The predicted octanol–water partition coefficient (Wildman–Crippen LogP) is 2.96. The number of urea groups is 1. The fourth-order valence-electron chi connectivity index (χ4n) is 3.71. The Balaban J connectivity index is 1.97. The molecule has 6 heteroatoms. The molecule has 0 saturated carbocycles. The number of imide groups is 1. The van der Waals surface area contributed by atoms with Crippen LogP contribution in [0.5, 0.6) is 0 Å². The molecule has 0 bridgehead atoms. The number of carbonyl (C=O) groups is 2. The minimum absolute atomic E-state index is 0.195. The second kappa shape index (κ2) is 6.63. The minimum Gasteiger partial charge on any atom is -0.334 e. The van der Waals surface area contributed by atoms with Crippen molar-refractivity contribution in [2.75, 3.05) is 18.2 Å². The smallest absolute Gasteiger partial charge is 0.331 e. The van der Waals surface area contributed by atoms with Gasteiger partial charge in [-0.2, -0.15) is 0 Å². The molecule has 0 aromatic heterocycles. The largest absolute Gasteiger partial charge is 0.334 e. The molecule has 0 aliphatic carbocycles. The number of nitrogens with one attached hydrogen (secondary N) is 1. The van der Waals surface area contributed by atoms with E-state index < -0.39 is 5.41 Å². The van der Waals surface area contributed by atoms with Crippen LogP contribution in [0.3, 0.4) is 0 Å². The molecular formula is C18H24N4O2. The van der Waals surface area contributed by atoms with Crippen LogP contribution >= 0.6 is 0 Å². The second-order valence-corrected chi connectivity index (χ2v) is 6.41. The first-order valence-corrected chi connectivity index (χ1v) is 8.60. The third kappa shape index (κ3) is 2.66. The van der Waals surface area contributed by atoms with Gasteiger partial charge in [0.25, 0.3) is 0 Å². The summed E-state index contributed by atoms with van der Waals surface area (Å²) in [5, 5.41) is 2.55. The average Bonchev–Trinajstić information content (AvgIpc) is 2.60. The van der Waals surface area contributed by atoms with Crippen LogP contribution in [0.4, 0.5) is 10.5 Å². The Bertz CT molecular complexity index is 650. The maximum atomic E-state index is 12.7. The number of fused-ring (bicyclic) bond motifs is 1. The minimum atomic E-state index is -0.680. The zero-order chi connectivity index (χ0) is 17.2. The van der Waals surface area contributed by atoms with Gasteiger partial charge in [-0.05, 0) is 25.0 Å². The van der Waals surface area contributed by atoms with Crippen LogP contribution in [0, 0.1) is 5.41 Å². The topological polar surface area (TPSA) is 65.0 Å². The van der Waals surface area contributed by atoms with Gasteiger partial charge in [-0.25, -0.2) is 9.79 Å². The number of hydrogen-bond acceptors (Lipinski definition) is 4. The zero-order valence-electron chi connectivity index (χ0n) is 14.3. The molecular weight excluding hydrogens is 304 g/mol. The lowest BCUT2D eigenvalue weighted by molar-refractivity contribution is -0.128. The van der Waals surface area contributed by atoms with Gasteiger partial charge in [-0.15, -0.1) is 0 Å². The van der Waals surface area contributed by atoms with Gasteiger partial charge < -0.3 is 4.90 Å². The molecule has 2 aliphatic heterocycles. The van der Waals surface area contributed by atoms with Gasteiger partial charge in [-0.3, -0.25) is 15.0 Å². The summed E-state index contributed by atoms with van der Waals surface area (Å²) in [6.07, 6.45) is 3.16. The van der Waals surface area contributed by atoms with Gasteiger partial charge in [0.1, 0.15) is 24.6 Å². The van der Waals surface area contributed by atoms with E-state index in [1.54, 1.807) is 4.90 Å². The van der Waals surface area contributed by atoms with Crippen molar-refractivity contribution in [3.8, 4) is 0 Å². The quantitative estimate of drug-likeness (QED) is 0.904. The second-order valence-electron chi connectivity index (χ2n) is 6.41. The van der Waals surface area contributed by atoms with Gasteiger partial charge in [0.15, 0.2) is 0 Å². The number of amides is 3. The van der Waals surface area contributed by atoms with Crippen molar-refractivity contribution in [1.29, 1.82) is 0 Å². The number of amidine groups is 1. The number of nitrogens with zero attached hydrogens (tertiary/aromatic N) is 3. The number of hydrogen-bond donors (Lipinski definition) is 1. The van der Waals surface area contributed by atoms with Crippen LogP contribution in [0.2, 0.25) is 0 Å². The molecule has 24 heavy (non-hydrogen) atoms. The summed E-state index contributed by atoms with van der Waals surface area (Å²) >= 11 is 0. The molecule has 3 rings (SSSR count). The first-order chi connectivity index (χ1) is 11.6. The number of carbonyl (C=O) groups excluding carboxylic acids is 2. The first kappa shape index (κ1) is 16.5. The predicted molar refractivity (Wildman–Crippen MR) is 93.7 cm³/mol. The van der Waals surface area contributed by atoms with Crippen LogP contribution < -0.4 is 10.2 Å². The molecule has 1 aromatic rings. The van der Waals surface area contributed by atoms with Crippen molar-refractivity contribution < 1.29 is 9.59 Å². The highest BCUT2D eigenvalue weighted by Gasteiger charge is 2.51. The highest BCUT2D eigenvalue weighted by atomic mass is 16.2. The van der Waals surface area contributed by atoms with E-state index in [4.69, 9.17) is 0 Å². The molecule has 128 valence electrons. The highest BCUT2D eigenvalue weighted by molar-refractivity contribution is 6.21. The third-order valence-electron chi connectivity index (χ3n) is 4.76. The summed E-state index contributed by atoms with van der Waals surface area (Å²) in [5.74, 6) is 0.450. The molecule has 0 unspecified atom stereocenters. The molecule has 1 aromatic carbocycles. The Morgan fingerprint density at radius 3 is 2.42 bits per heavy atom. The number of anilines is 1. The average molecular weight is 328 g/mol. The van der Waals surface area contributed by atoms with E-state index in [1.165, 1.54) is 0 Å². The number of para-hydroxylation sites is 1. The molecule has 1 fully saturated rings. The van der Waals surface area contributed by atoms with Gasteiger partial charge in [0.2, 0.25) is 5.91 Å². The fourth-order valence-corrected chi connectivity index (χ4v) is 3.71. The molecule has 3 amide bonds. The molecule has 1 N–H and O–H groups in total. The highest BCUT2D eigenvalue weighted by Crippen LogP contribution is 2.37. The van der Waals surface area contributed by atoms with Gasteiger partial charge >= 0.3 is 6.03 Å². The van der Waals surface area contributed by atoms with Crippen LogP contribution in [0.15, 0.2) is 35.3 Å². The molecule has 1 saturated heterocycles. The molecule has 0 atom stereocenters. The Morgan fingerprint density at radius 1 is 1.12 bits per heavy atom. The van der Waals surface area contributed by atoms with Crippen LogP contribution in [0.25, 0.3) is 0 Å². The third-order valence-corrected chi connectivity index (χ3v) is 4.76. The summed E-state index contributed by atoms with van der Waals surface area (Å²) in [6, 6.07) is 9.52. The van der Waals surface area contributed by atoms with Gasteiger partial charge in [0, 0.05) is 5.69 Å². The molecule has 0 spiro atoms. The Hall–Kier alpha value is -2.37. The van der Waals surface area contributed by atoms with Crippen molar-refractivity contribution in [1.82, 2.24) is 10.2 Å². The first-order valence-electron chi connectivity index (χ1n) is 8.60. The number of aliphatic imine (C=N–C) groups is 1. The molecule has 2 heterocycles. The number of benzene rings is 1. The van der Waals surface area contributed by atoms with Crippen LogP contribution in [0.1, 0.15) is 39.5 Å². The summed E-state index contributed by atoms with van der Waals surface area (Å²) in [7, 11) is 0. The van der Waals surface area contributed by atoms with Gasteiger partial charge in [-0.1, -0.05) is 44.9 Å². The number of rotatable bonds is 5. The van der Waals surface area contributed by atoms with Gasteiger partial charge in [0.05, 0.1) is 0 Å². The fraction of sp³-hybridized carbons (Fsp3) is 0.500. The lowest BCUT2D eigenvalue weighted by atomic mass is 9.75. The van der Waals surface area contributed by atoms with E-state index in [9.17, 15) is 9.59 Å². The van der Waals surface area contributed by atoms with Crippen molar-refractivity contribution in [3.63, 3.8) is 0 Å². The van der Waals surface area contributed by atoms with E-state index in [1.807, 2.05) is 35.2 Å². The lowest BCUT2D eigenvalue weighted by Gasteiger charge is -2.46. The van der Waals surface area contributed by atoms with Crippen molar-refractivity contribution in [2.24, 2.45) is 10.4 Å². The van der Waals surface area contributed by atoms with E-state index in [-0.39, 0.29) is 11.9 Å². The SMILES string of the molecule is CCCC1(CCC)C(=O)NC(=O)N2CN(c3ccccc3)CN=C21. The molecule has 0 radical (unpaired) electrons. The summed E-state index contributed by atoms with van der Waals surface area (Å²) in [5.41, 5.74) is 0.335. The van der Waals surface area contributed by atoms with Crippen LogP contribution in [-0.2, 0) is 4.79 Å². The summed E-state index contributed by atoms with van der Waals surface area (Å²) in [6.45, 7) is 5.00. The maximum absolute atomic E-state index is 12.7. The Labute approximate surface area is 142 Å². The van der Waals surface area contributed by atoms with E-state index in [2.05, 4.69) is 24.2 Å². The van der Waals surface area contributed by atoms with E-state index in [0.717, 1.165) is 18.5 Å². The zero-order valence-corrected chi connectivity index (χ0v) is 14.3. The monoisotopic (exact) mass is 328 g/mol. The molecule has 6 nitrogen and oxygen atoms in total. The summed E-state index contributed by atoms with van der Waals surface area (Å²) in [4.78, 5) is 33.4. The maximum Gasteiger partial charge on any atom is 0.331 e. The standard InChI is InChI=1S/C18H24N4O2/c1-3-10-18(11-4-2)15-19-12-21(14-8-6-5-7-9-14)13-22(15)17(24)20-16(18)23/h5-9H,3-4,10-13H2,1-2H3,(H,20,23,24). The van der Waals surface area contributed by atoms with Crippen molar-refractivity contribution >= 4 is 23.5 Å². The summed E-state index contributed by atoms with van der Waals surface area (Å²) < 4.78 is 0. The van der Waals surface area contributed by atoms with E-state index >= 15 is 0 Å². The van der Waals surface area contributed by atoms with E-state index in [0.29, 0.717) is 32.0 Å². The van der Waals surface area contributed by atoms with Crippen molar-refractivity contribution in [3.05, 3.63) is 30.3 Å². The Kier molecular flexibility index (Phi) is 4.55. The molecule has 2 aliphatic rings. The lowest BCUT2D eigenvalue weighted by Crippen LogP contribution is -2.67. The van der Waals surface area contributed by atoms with Crippen molar-refractivity contribution in [2.45, 2.75) is 39.5 Å².